The van der Waals surface area contributed by atoms with Crippen molar-refractivity contribution in [1.82, 2.24) is 4.90 Å². The molecule has 106 valence electrons. The van der Waals surface area contributed by atoms with E-state index in [9.17, 15) is 14.4 Å². The van der Waals surface area contributed by atoms with Gasteiger partial charge in [-0.15, -0.1) is 0 Å². The molecule has 19 heavy (non-hydrogen) atoms. The fourth-order valence-corrected chi connectivity index (χ4v) is 1.83. The first-order valence-electron chi connectivity index (χ1n) is 6.84. The second kappa shape index (κ2) is 8.45. The van der Waals surface area contributed by atoms with E-state index in [4.69, 9.17) is 4.74 Å². The lowest BCUT2D eigenvalue weighted by Crippen LogP contribution is -2.35. The highest BCUT2D eigenvalue weighted by atomic mass is 16.5. The lowest BCUT2D eigenvalue weighted by atomic mass is 10.1. The van der Waals surface area contributed by atoms with Crippen LogP contribution in [0.25, 0.3) is 0 Å². The van der Waals surface area contributed by atoms with E-state index in [1.165, 1.54) is 19.3 Å². The number of hydrogen-bond donors (Lipinski definition) is 0. The summed E-state index contributed by atoms with van der Waals surface area (Å²) in [5, 5.41) is 0. The molecule has 1 rings (SSSR count). The summed E-state index contributed by atoms with van der Waals surface area (Å²) in [6, 6.07) is 0. The molecule has 1 heterocycles. The number of esters is 1. The Labute approximate surface area is 113 Å². The van der Waals surface area contributed by atoms with Crippen LogP contribution in [0.4, 0.5) is 0 Å². The Bertz CT molecular complexity index is 344. The molecule has 5 heteroatoms. The van der Waals surface area contributed by atoms with Crippen molar-refractivity contribution in [1.29, 1.82) is 0 Å². The molecular formula is C14H21NO4. The molecular weight excluding hydrogens is 246 g/mol. The molecule has 0 unspecified atom stereocenters. The molecule has 0 aromatic heterocycles. The van der Waals surface area contributed by atoms with Gasteiger partial charge < -0.3 is 4.74 Å². The average molecular weight is 267 g/mol. The zero-order valence-electron chi connectivity index (χ0n) is 11.4. The number of carbonyl (C=O) groups is 3. The van der Waals surface area contributed by atoms with Crippen molar-refractivity contribution < 1.29 is 19.1 Å². The second-order valence-electron chi connectivity index (χ2n) is 4.58. The van der Waals surface area contributed by atoms with Crippen LogP contribution < -0.4 is 0 Å². The summed E-state index contributed by atoms with van der Waals surface area (Å²) in [7, 11) is 0. The summed E-state index contributed by atoms with van der Waals surface area (Å²) < 4.78 is 4.99. The Morgan fingerprint density at radius 3 is 2.26 bits per heavy atom. The minimum absolute atomic E-state index is 0.291. The van der Waals surface area contributed by atoms with Gasteiger partial charge in [0.25, 0.3) is 11.8 Å². The summed E-state index contributed by atoms with van der Waals surface area (Å²) in [5.74, 6) is -1.44. The average Bonchev–Trinajstić information content (AvgIpc) is 2.69. The van der Waals surface area contributed by atoms with E-state index in [-0.39, 0.29) is 6.54 Å². The lowest BCUT2D eigenvalue weighted by molar-refractivity contribution is -0.151. The van der Waals surface area contributed by atoms with Crippen LogP contribution in [0, 0.1) is 0 Å². The van der Waals surface area contributed by atoms with Gasteiger partial charge in [-0.25, -0.2) is 0 Å². The van der Waals surface area contributed by atoms with Gasteiger partial charge in [0.2, 0.25) is 0 Å². The molecule has 0 radical (unpaired) electrons. The van der Waals surface area contributed by atoms with Crippen molar-refractivity contribution in [2.45, 2.75) is 45.4 Å². The van der Waals surface area contributed by atoms with Gasteiger partial charge in [-0.05, 0) is 6.42 Å². The highest BCUT2D eigenvalue weighted by Gasteiger charge is 2.25. The number of ether oxygens (including phenoxy) is 1. The van der Waals surface area contributed by atoms with Crippen LogP contribution in [0.5, 0.6) is 0 Å². The van der Waals surface area contributed by atoms with Crippen LogP contribution in [0.15, 0.2) is 12.2 Å². The minimum Gasteiger partial charge on any atom is -0.464 e. The fraction of sp³-hybridized carbons (Fsp3) is 0.643. The zero-order valence-corrected chi connectivity index (χ0v) is 11.4. The normalized spacial score (nSPS) is 14.3. The number of rotatable bonds is 9. The van der Waals surface area contributed by atoms with Crippen molar-refractivity contribution in [2.75, 3.05) is 13.2 Å². The van der Waals surface area contributed by atoms with Crippen LogP contribution in [0.3, 0.4) is 0 Å². The van der Waals surface area contributed by atoms with Crippen molar-refractivity contribution >= 4 is 17.8 Å². The van der Waals surface area contributed by atoms with Crippen LogP contribution in [0.1, 0.15) is 45.4 Å². The lowest BCUT2D eigenvalue weighted by Gasteiger charge is -2.12. The zero-order chi connectivity index (χ0) is 14.1. The van der Waals surface area contributed by atoms with Gasteiger partial charge in [0.1, 0.15) is 6.54 Å². The maximum Gasteiger partial charge on any atom is 0.326 e. The van der Waals surface area contributed by atoms with Gasteiger partial charge in [-0.3, -0.25) is 19.3 Å². The van der Waals surface area contributed by atoms with Gasteiger partial charge in [-0.2, -0.15) is 0 Å². The molecule has 0 aromatic rings. The maximum atomic E-state index is 11.4. The van der Waals surface area contributed by atoms with E-state index in [1.54, 1.807) is 0 Å². The van der Waals surface area contributed by atoms with Gasteiger partial charge in [0.15, 0.2) is 0 Å². The molecule has 5 nitrogen and oxygen atoms in total. The summed E-state index contributed by atoms with van der Waals surface area (Å²) in [4.78, 5) is 34.7. The van der Waals surface area contributed by atoms with Crippen LogP contribution >= 0.6 is 0 Å². The Morgan fingerprint density at radius 2 is 1.63 bits per heavy atom. The highest BCUT2D eigenvalue weighted by Crippen LogP contribution is 2.06. The number of amides is 2. The van der Waals surface area contributed by atoms with E-state index in [1.807, 2.05) is 0 Å². The fourth-order valence-electron chi connectivity index (χ4n) is 1.83. The molecule has 0 aromatic carbocycles. The third-order valence-electron chi connectivity index (χ3n) is 2.95. The largest absolute Gasteiger partial charge is 0.464 e. The molecule has 0 spiro atoms. The first-order chi connectivity index (χ1) is 9.15. The topological polar surface area (TPSA) is 63.7 Å². The van der Waals surface area contributed by atoms with Crippen molar-refractivity contribution in [3.63, 3.8) is 0 Å². The Hall–Kier alpha value is -1.65. The molecule has 0 atom stereocenters. The maximum absolute atomic E-state index is 11.4. The molecule has 0 fully saturated rings. The highest BCUT2D eigenvalue weighted by molar-refractivity contribution is 6.14. The van der Waals surface area contributed by atoms with Crippen LogP contribution in [0.2, 0.25) is 0 Å². The molecule has 1 aliphatic heterocycles. The molecule has 0 saturated carbocycles. The number of unbranched alkanes of at least 4 members (excludes halogenated alkanes) is 5. The molecule has 0 saturated heterocycles. The quantitative estimate of drug-likeness (QED) is 0.363. The first kappa shape index (κ1) is 15.4. The number of hydrogen-bond acceptors (Lipinski definition) is 4. The van der Waals surface area contributed by atoms with E-state index < -0.39 is 17.8 Å². The standard InChI is InChI=1S/C14H21NO4/c1-2-3-4-5-6-7-10-19-14(18)11-15-12(16)8-9-13(15)17/h8-9H,2-7,10-11H2,1H3. The van der Waals surface area contributed by atoms with Gasteiger partial charge in [0, 0.05) is 12.2 Å². The molecule has 0 bridgehead atoms. The molecule has 0 aliphatic carbocycles. The molecule has 2 amide bonds. The summed E-state index contributed by atoms with van der Waals surface area (Å²) in [5.41, 5.74) is 0. The van der Waals surface area contributed by atoms with Gasteiger partial charge >= 0.3 is 5.97 Å². The van der Waals surface area contributed by atoms with E-state index in [2.05, 4.69) is 6.92 Å². The number of nitrogens with zero attached hydrogens (tertiary/aromatic N) is 1. The smallest absolute Gasteiger partial charge is 0.326 e. The summed E-state index contributed by atoms with van der Waals surface area (Å²) >= 11 is 0. The Balaban J connectivity index is 2.05. The number of imide groups is 1. The first-order valence-corrected chi connectivity index (χ1v) is 6.84. The monoisotopic (exact) mass is 267 g/mol. The van der Waals surface area contributed by atoms with E-state index >= 15 is 0 Å². The summed E-state index contributed by atoms with van der Waals surface area (Å²) in [6.45, 7) is 2.23. The minimum atomic E-state index is -0.529. The summed E-state index contributed by atoms with van der Waals surface area (Å²) in [6.07, 6.45) is 9.00. The Kier molecular flexibility index (Phi) is 6.85. The van der Waals surface area contributed by atoms with Crippen LogP contribution in [-0.2, 0) is 19.1 Å². The molecule has 0 N–H and O–H groups in total. The van der Waals surface area contributed by atoms with Crippen LogP contribution in [-0.4, -0.2) is 35.8 Å². The predicted molar refractivity (Wildman–Crippen MR) is 70.2 cm³/mol. The molecule has 1 aliphatic rings. The van der Waals surface area contributed by atoms with Crippen molar-refractivity contribution in [2.24, 2.45) is 0 Å². The predicted octanol–water partition coefficient (Wildman–Crippen LogP) is 1.82. The van der Waals surface area contributed by atoms with E-state index in [0.717, 1.165) is 36.3 Å². The van der Waals surface area contributed by atoms with Gasteiger partial charge in [0.05, 0.1) is 6.61 Å². The van der Waals surface area contributed by atoms with Crippen molar-refractivity contribution in [3.05, 3.63) is 12.2 Å². The number of carbonyl (C=O) groups excluding carboxylic acids is 3. The second-order valence-corrected chi connectivity index (χ2v) is 4.58. The van der Waals surface area contributed by atoms with Crippen molar-refractivity contribution in [3.8, 4) is 0 Å². The third-order valence-corrected chi connectivity index (χ3v) is 2.95. The SMILES string of the molecule is CCCCCCCCOC(=O)CN1C(=O)C=CC1=O. The van der Waals surface area contributed by atoms with Gasteiger partial charge in [-0.1, -0.05) is 39.0 Å². The van der Waals surface area contributed by atoms with E-state index in [0.29, 0.717) is 6.61 Å². The Morgan fingerprint density at radius 1 is 1.05 bits per heavy atom. The third kappa shape index (κ3) is 5.68.